The number of aromatic nitrogens is 2. The Hall–Kier alpha value is -1.36. The van der Waals surface area contributed by atoms with Crippen molar-refractivity contribution in [1.29, 1.82) is 0 Å². The molecule has 0 saturated heterocycles. The lowest BCUT2D eigenvalue weighted by molar-refractivity contribution is 0.0941. The van der Waals surface area contributed by atoms with Gasteiger partial charge in [0.25, 0.3) is 5.91 Å². The number of aryl methyl sites for hydroxylation is 1. The van der Waals surface area contributed by atoms with Crippen LogP contribution in [0.2, 0.25) is 0 Å². The second-order valence-electron chi connectivity index (χ2n) is 3.92. The first-order valence-corrected chi connectivity index (χ1v) is 5.60. The monoisotopic (exact) mass is 225 g/mol. The molecule has 0 radical (unpaired) electrons. The fourth-order valence-electron chi connectivity index (χ4n) is 1.34. The van der Waals surface area contributed by atoms with Crippen LogP contribution in [-0.2, 0) is 6.42 Å². The van der Waals surface area contributed by atoms with Gasteiger partial charge in [-0.25, -0.2) is 4.98 Å². The Morgan fingerprint density at radius 1 is 1.69 bits per heavy atom. The molecule has 1 rings (SSSR count). The number of amides is 1. The first kappa shape index (κ1) is 12.7. The Morgan fingerprint density at radius 3 is 3.00 bits per heavy atom. The topological polar surface area (TPSA) is 78.0 Å². The summed E-state index contributed by atoms with van der Waals surface area (Å²) in [6.07, 6.45) is 3.03. The molecule has 1 heterocycles. The van der Waals surface area contributed by atoms with Crippen LogP contribution in [0.5, 0.6) is 0 Å². The van der Waals surface area contributed by atoms with Crippen LogP contribution in [0.3, 0.4) is 0 Å². The molecule has 5 nitrogen and oxygen atoms in total. The Labute approximate surface area is 95.3 Å². The molecule has 1 unspecified atom stereocenters. The SMILES string of the molecule is CCc1ncc(C(=O)NCC(C)CCO)[nH]1. The van der Waals surface area contributed by atoms with Crippen LogP contribution >= 0.6 is 0 Å². The normalized spacial score (nSPS) is 12.4. The second-order valence-corrected chi connectivity index (χ2v) is 3.92. The summed E-state index contributed by atoms with van der Waals surface area (Å²) in [5.74, 6) is 0.952. The van der Waals surface area contributed by atoms with E-state index in [-0.39, 0.29) is 18.4 Å². The lowest BCUT2D eigenvalue weighted by atomic mass is 10.1. The third-order valence-corrected chi connectivity index (χ3v) is 2.44. The number of aromatic amines is 1. The molecule has 90 valence electrons. The molecule has 3 N–H and O–H groups in total. The lowest BCUT2D eigenvalue weighted by Crippen LogP contribution is -2.28. The van der Waals surface area contributed by atoms with E-state index < -0.39 is 0 Å². The fourth-order valence-corrected chi connectivity index (χ4v) is 1.34. The van der Waals surface area contributed by atoms with Gasteiger partial charge >= 0.3 is 0 Å². The van der Waals surface area contributed by atoms with Gasteiger partial charge in [0.1, 0.15) is 11.5 Å². The van der Waals surface area contributed by atoms with Gasteiger partial charge in [0.05, 0.1) is 6.20 Å². The largest absolute Gasteiger partial charge is 0.396 e. The van der Waals surface area contributed by atoms with Crippen LogP contribution < -0.4 is 5.32 Å². The molecule has 0 aliphatic carbocycles. The average molecular weight is 225 g/mol. The summed E-state index contributed by atoms with van der Waals surface area (Å²) in [6, 6.07) is 0. The van der Waals surface area contributed by atoms with Gasteiger partial charge in [0.2, 0.25) is 0 Å². The highest BCUT2D eigenvalue weighted by molar-refractivity contribution is 5.92. The summed E-state index contributed by atoms with van der Waals surface area (Å²) in [6.45, 7) is 4.69. The first-order valence-electron chi connectivity index (χ1n) is 5.60. The number of nitrogens with one attached hydrogen (secondary N) is 2. The summed E-state index contributed by atoms with van der Waals surface area (Å²) >= 11 is 0. The van der Waals surface area contributed by atoms with Gasteiger partial charge in [-0.3, -0.25) is 4.79 Å². The van der Waals surface area contributed by atoms with Crippen molar-refractivity contribution in [2.24, 2.45) is 5.92 Å². The first-order chi connectivity index (χ1) is 7.67. The van der Waals surface area contributed by atoms with Gasteiger partial charge in [-0.05, 0) is 12.3 Å². The smallest absolute Gasteiger partial charge is 0.269 e. The number of hydrogen-bond donors (Lipinski definition) is 3. The Bertz CT molecular complexity index is 336. The molecule has 0 saturated carbocycles. The van der Waals surface area contributed by atoms with Gasteiger partial charge in [0.15, 0.2) is 0 Å². The van der Waals surface area contributed by atoms with Gasteiger partial charge < -0.3 is 15.4 Å². The number of hydrogen-bond acceptors (Lipinski definition) is 3. The van der Waals surface area contributed by atoms with Crippen molar-refractivity contribution in [3.8, 4) is 0 Å². The molecule has 1 aromatic heterocycles. The quantitative estimate of drug-likeness (QED) is 0.667. The number of aliphatic hydroxyl groups excluding tert-OH is 1. The van der Waals surface area contributed by atoms with Crippen molar-refractivity contribution in [2.75, 3.05) is 13.2 Å². The van der Waals surface area contributed by atoms with E-state index in [1.54, 1.807) is 6.20 Å². The van der Waals surface area contributed by atoms with Crippen molar-refractivity contribution in [2.45, 2.75) is 26.7 Å². The van der Waals surface area contributed by atoms with Gasteiger partial charge in [0, 0.05) is 19.6 Å². The van der Waals surface area contributed by atoms with Crippen molar-refractivity contribution in [3.05, 3.63) is 17.7 Å². The molecule has 0 fully saturated rings. The molecule has 0 aromatic carbocycles. The van der Waals surface area contributed by atoms with Crippen molar-refractivity contribution in [1.82, 2.24) is 15.3 Å². The summed E-state index contributed by atoms with van der Waals surface area (Å²) in [5.41, 5.74) is 0.494. The molecule has 1 amide bonds. The zero-order valence-electron chi connectivity index (χ0n) is 9.79. The van der Waals surface area contributed by atoms with E-state index in [1.165, 1.54) is 0 Å². The summed E-state index contributed by atoms with van der Waals surface area (Å²) in [7, 11) is 0. The minimum absolute atomic E-state index is 0.142. The van der Waals surface area contributed by atoms with Crippen LogP contribution in [0, 0.1) is 5.92 Å². The molecule has 0 aliphatic heterocycles. The van der Waals surface area contributed by atoms with E-state index in [4.69, 9.17) is 5.11 Å². The molecule has 0 spiro atoms. The highest BCUT2D eigenvalue weighted by atomic mass is 16.3. The molecule has 5 heteroatoms. The Kier molecular flexibility index (Phi) is 4.98. The van der Waals surface area contributed by atoms with E-state index >= 15 is 0 Å². The van der Waals surface area contributed by atoms with E-state index in [0.717, 1.165) is 12.2 Å². The summed E-state index contributed by atoms with van der Waals surface area (Å²) in [4.78, 5) is 18.6. The van der Waals surface area contributed by atoms with E-state index in [1.807, 2.05) is 13.8 Å². The van der Waals surface area contributed by atoms with Crippen molar-refractivity contribution >= 4 is 5.91 Å². The number of carbonyl (C=O) groups is 1. The van der Waals surface area contributed by atoms with Crippen LogP contribution in [0.15, 0.2) is 6.20 Å². The van der Waals surface area contributed by atoms with E-state index in [0.29, 0.717) is 18.7 Å². The minimum Gasteiger partial charge on any atom is -0.396 e. The minimum atomic E-state index is -0.142. The number of nitrogens with zero attached hydrogens (tertiary/aromatic N) is 1. The molecule has 16 heavy (non-hydrogen) atoms. The van der Waals surface area contributed by atoms with Crippen molar-refractivity contribution in [3.63, 3.8) is 0 Å². The second kappa shape index (κ2) is 6.27. The van der Waals surface area contributed by atoms with E-state index in [9.17, 15) is 4.79 Å². The third-order valence-electron chi connectivity index (χ3n) is 2.44. The van der Waals surface area contributed by atoms with Crippen LogP contribution in [-0.4, -0.2) is 34.1 Å². The zero-order valence-corrected chi connectivity index (χ0v) is 9.79. The van der Waals surface area contributed by atoms with Gasteiger partial charge in [-0.15, -0.1) is 0 Å². The Balaban J connectivity index is 2.40. The average Bonchev–Trinajstić information content (AvgIpc) is 2.75. The molecular weight excluding hydrogens is 206 g/mol. The number of H-pyrrole nitrogens is 1. The summed E-state index contributed by atoms with van der Waals surface area (Å²) in [5, 5.41) is 11.5. The van der Waals surface area contributed by atoms with Gasteiger partial charge in [-0.2, -0.15) is 0 Å². The summed E-state index contributed by atoms with van der Waals surface area (Å²) < 4.78 is 0. The standard InChI is InChI=1S/C11H19N3O2/c1-3-10-12-7-9(14-10)11(16)13-6-8(2)4-5-15/h7-8,15H,3-6H2,1-2H3,(H,12,14)(H,13,16). The molecular formula is C11H19N3O2. The fraction of sp³-hybridized carbons (Fsp3) is 0.636. The molecule has 1 atom stereocenters. The number of rotatable bonds is 6. The Morgan fingerprint density at radius 2 is 2.44 bits per heavy atom. The van der Waals surface area contributed by atoms with Crippen molar-refractivity contribution < 1.29 is 9.90 Å². The highest BCUT2D eigenvalue weighted by Gasteiger charge is 2.09. The van der Waals surface area contributed by atoms with E-state index in [2.05, 4.69) is 15.3 Å². The zero-order chi connectivity index (χ0) is 12.0. The van der Waals surface area contributed by atoms with Crippen LogP contribution in [0.1, 0.15) is 36.6 Å². The maximum atomic E-state index is 11.6. The van der Waals surface area contributed by atoms with Gasteiger partial charge in [-0.1, -0.05) is 13.8 Å². The number of aliphatic hydroxyl groups is 1. The predicted octanol–water partition coefficient (Wildman–Crippen LogP) is 0.720. The maximum absolute atomic E-state index is 11.6. The third kappa shape index (κ3) is 3.66. The molecule has 0 aliphatic rings. The number of carbonyl (C=O) groups excluding carboxylic acids is 1. The predicted molar refractivity (Wildman–Crippen MR) is 61.2 cm³/mol. The maximum Gasteiger partial charge on any atom is 0.269 e. The van der Waals surface area contributed by atoms with Crippen LogP contribution in [0.25, 0.3) is 0 Å². The molecule has 0 bridgehead atoms. The molecule has 1 aromatic rings. The number of imidazole rings is 1. The highest BCUT2D eigenvalue weighted by Crippen LogP contribution is 2.01. The lowest BCUT2D eigenvalue weighted by Gasteiger charge is -2.09. The van der Waals surface area contributed by atoms with Crippen LogP contribution in [0.4, 0.5) is 0 Å².